The molecule has 2 aromatic carbocycles. The number of hydrogen-bond donors (Lipinski definition) is 1. The number of thioether (sulfide) groups is 1. The first-order valence-corrected chi connectivity index (χ1v) is 9.49. The normalized spacial score (nSPS) is 10.6. The summed E-state index contributed by atoms with van der Waals surface area (Å²) < 4.78 is 0. The summed E-state index contributed by atoms with van der Waals surface area (Å²) in [6.45, 7) is 1.96. The number of amides is 1. The summed E-state index contributed by atoms with van der Waals surface area (Å²) >= 11 is 9.08. The van der Waals surface area contributed by atoms with Gasteiger partial charge in [0.05, 0.1) is 0 Å². The quantitative estimate of drug-likeness (QED) is 0.587. The van der Waals surface area contributed by atoms with E-state index in [-0.39, 0.29) is 5.91 Å². The molecule has 0 spiro atoms. The van der Waals surface area contributed by atoms with Gasteiger partial charge in [0.15, 0.2) is 5.13 Å². The van der Waals surface area contributed by atoms with Gasteiger partial charge in [-0.05, 0) is 48.9 Å². The van der Waals surface area contributed by atoms with Crippen LogP contribution in [-0.4, -0.2) is 10.9 Å². The molecule has 3 aromatic rings. The Morgan fingerprint density at radius 3 is 2.50 bits per heavy atom. The van der Waals surface area contributed by atoms with Gasteiger partial charge in [0.1, 0.15) is 0 Å². The highest BCUT2D eigenvalue weighted by atomic mass is 35.5. The average Bonchev–Trinajstić information content (AvgIpc) is 2.99. The van der Waals surface area contributed by atoms with Gasteiger partial charge in [-0.3, -0.25) is 10.1 Å². The number of thiazole rings is 1. The van der Waals surface area contributed by atoms with Crippen LogP contribution in [0, 0.1) is 6.92 Å². The van der Waals surface area contributed by atoms with E-state index in [1.807, 2.05) is 55.5 Å². The monoisotopic (exact) mass is 374 g/mol. The third-order valence-corrected chi connectivity index (χ3v) is 5.44. The van der Waals surface area contributed by atoms with Crippen LogP contribution >= 0.6 is 34.7 Å². The maximum atomic E-state index is 12.2. The van der Waals surface area contributed by atoms with Crippen molar-refractivity contribution < 1.29 is 4.79 Å². The third kappa shape index (κ3) is 4.60. The lowest BCUT2D eigenvalue weighted by Gasteiger charge is -2.05. The highest BCUT2D eigenvalue weighted by Gasteiger charge is 2.08. The minimum atomic E-state index is -0.138. The molecule has 0 aliphatic carbocycles. The Morgan fingerprint density at radius 2 is 1.88 bits per heavy atom. The van der Waals surface area contributed by atoms with E-state index in [0.29, 0.717) is 10.7 Å². The molecule has 0 saturated carbocycles. The van der Waals surface area contributed by atoms with Gasteiger partial charge >= 0.3 is 0 Å². The first-order valence-electron chi connectivity index (χ1n) is 7.31. The number of hydrogen-bond acceptors (Lipinski definition) is 4. The van der Waals surface area contributed by atoms with Gasteiger partial charge < -0.3 is 0 Å². The predicted molar refractivity (Wildman–Crippen MR) is 102 cm³/mol. The van der Waals surface area contributed by atoms with Crippen molar-refractivity contribution in [2.24, 2.45) is 0 Å². The number of nitrogens with one attached hydrogen (secondary N) is 1. The van der Waals surface area contributed by atoms with Crippen LogP contribution in [0.15, 0.2) is 59.6 Å². The van der Waals surface area contributed by atoms with Crippen molar-refractivity contribution in [2.45, 2.75) is 17.6 Å². The number of carbonyl (C=O) groups is 1. The molecule has 0 aliphatic heterocycles. The number of aromatic nitrogens is 1. The minimum absolute atomic E-state index is 0.138. The molecule has 0 fully saturated rings. The van der Waals surface area contributed by atoms with Crippen molar-refractivity contribution in [1.29, 1.82) is 0 Å². The fourth-order valence-electron chi connectivity index (χ4n) is 2.03. The highest BCUT2D eigenvalue weighted by Crippen LogP contribution is 2.24. The number of aryl methyl sites for hydroxylation is 1. The molecule has 6 heteroatoms. The van der Waals surface area contributed by atoms with Crippen LogP contribution in [-0.2, 0) is 5.75 Å². The van der Waals surface area contributed by atoms with Gasteiger partial charge in [-0.1, -0.05) is 23.7 Å². The van der Waals surface area contributed by atoms with Crippen LogP contribution in [0.3, 0.4) is 0 Å². The lowest BCUT2D eigenvalue weighted by atomic mass is 10.1. The second-order valence-electron chi connectivity index (χ2n) is 5.17. The number of rotatable bonds is 5. The van der Waals surface area contributed by atoms with E-state index >= 15 is 0 Å². The summed E-state index contributed by atoms with van der Waals surface area (Å²) in [6, 6.07) is 15.4. The lowest BCUT2D eigenvalue weighted by Crippen LogP contribution is -2.11. The molecular weight excluding hydrogens is 360 g/mol. The van der Waals surface area contributed by atoms with E-state index in [1.165, 1.54) is 16.2 Å². The van der Waals surface area contributed by atoms with E-state index in [9.17, 15) is 4.79 Å². The molecule has 1 N–H and O–H groups in total. The zero-order valence-electron chi connectivity index (χ0n) is 13.0. The van der Waals surface area contributed by atoms with Gasteiger partial charge in [0, 0.05) is 32.3 Å². The molecule has 0 saturated heterocycles. The smallest absolute Gasteiger partial charge is 0.257 e. The molecule has 0 bridgehead atoms. The summed E-state index contributed by atoms with van der Waals surface area (Å²) in [5.74, 6) is 0.705. The van der Waals surface area contributed by atoms with Crippen LogP contribution in [0.1, 0.15) is 20.8 Å². The minimum Gasteiger partial charge on any atom is -0.298 e. The summed E-state index contributed by atoms with van der Waals surface area (Å²) in [4.78, 5) is 18.6. The number of anilines is 1. The first-order chi connectivity index (χ1) is 11.6. The van der Waals surface area contributed by atoms with Crippen LogP contribution in [0.25, 0.3) is 0 Å². The van der Waals surface area contributed by atoms with Crippen LogP contribution in [0.5, 0.6) is 0 Å². The second-order valence-corrected chi connectivity index (χ2v) is 7.89. The molecule has 0 aliphatic rings. The largest absolute Gasteiger partial charge is 0.298 e. The topological polar surface area (TPSA) is 42.0 Å². The van der Waals surface area contributed by atoms with E-state index < -0.39 is 0 Å². The Morgan fingerprint density at radius 1 is 1.17 bits per heavy atom. The molecule has 3 rings (SSSR count). The second kappa shape index (κ2) is 7.83. The van der Waals surface area contributed by atoms with Crippen molar-refractivity contribution in [3.8, 4) is 0 Å². The van der Waals surface area contributed by atoms with Crippen LogP contribution in [0.4, 0.5) is 5.13 Å². The number of carbonyl (C=O) groups excluding carboxylic acids is 1. The zero-order valence-corrected chi connectivity index (χ0v) is 15.3. The molecule has 1 aromatic heterocycles. The zero-order chi connectivity index (χ0) is 16.9. The molecule has 0 radical (unpaired) electrons. The highest BCUT2D eigenvalue weighted by molar-refractivity contribution is 7.98. The Kier molecular flexibility index (Phi) is 5.56. The van der Waals surface area contributed by atoms with Gasteiger partial charge in [-0.15, -0.1) is 23.1 Å². The maximum Gasteiger partial charge on any atom is 0.257 e. The molecule has 0 unspecified atom stereocenters. The fourth-order valence-corrected chi connectivity index (χ4v) is 3.67. The summed E-state index contributed by atoms with van der Waals surface area (Å²) in [6.07, 6.45) is 1.75. The van der Waals surface area contributed by atoms with Gasteiger partial charge in [-0.2, -0.15) is 0 Å². The van der Waals surface area contributed by atoms with Crippen molar-refractivity contribution in [3.05, 3.63) is 75.8 Å². The predicted octanol–water partition coefficient (Wildman–Crippen LogP) is 5.65. The fraction of sp³-hybridized carbons (Fsp3) is 0.111. The van der Waals surface area contributed by atoms with Crippen molar-refractivity contribution in [3.63, 3.8) is 0 Å². The number of halogens is 1. The molecule has 24 heavy (non-hydrogen) atoms. The molecule has 122 valence electrons. The molecular formula is C18H15ClN2OS2. The Balaban J connectivity index is 1.58. The van der Waals surface area contributed by atoms with E-state index in [4.69, 9.17) is 11.6 Å². The van der Waals surface area contributed by atoms with Crippen molar-refractivity contribution >= 4 is 45.7 Å². The molecule has 3 nitrogen and oxygen atoms in total. The number of nitrogens with zero attached hydrogens (tertiary/aromatic N) is 1. The summed E-state index contributed by atoms with van der Waals surface area (Å²) in [5.41, 5.74) is 1.79. The van der Waals surface area contributed by atoms with E-state index in [1.54, 1.807) is 18.0 Å². The molecule has 1 amide bonds. The van der Waals surface area contributed by atoms with Gasteiger partial charge in [0.25, 0.3) is 5.91 Å². The van der Waals surface area contributed by atoms with Gasteiger partial charge in [0.2, 0.25) is 0 Å². The third-order valence-electron chi connectivity index (χ3n) is 3.28. The number of benzene rings is 2. The SMILES string of the molecule is Cc1cnc(NC(=O)c2ccc(CSc3ccc(Cl)cc3)cc2)s1. The van der Waals surface area contributed by atoms with Crippen LogP contribution < -0.4 is 5.32 Å². The maximum absolute atomic E-state index is 12.2. The standard InChI is InChI=1S/C18H15ClN2OS2/c1-12-10-20-18(24-12)21-17(22)14-4-2-13(3-5-14)11-23-16-8-6-15(19)7-9-16/h2-10H,11H2,1H3,(H,20,21,22). The van der Waals surface area contributed by atoms with E-state index in [2.05, 4.69) is 10.3 Å². The average molecular weight is 375 g/mol. The Hall–Kier alpha value is -1.82. The Labute approximate surface area is 154 Å². The van der Waals surface area contributed by atoms with Gasteiger partial charge in [-0.25, -0.2) is 4.98 Å². The molecule has 1 heterocycles. The van der Waals surface area contributed by atoms with Crippen LogP contribution in [0.2, 0.25) is 5.02 Å². The summed E-state index contributed by atoms with van der Waals surface area (Å²) in [7, 11) is 0. The van der Waals surface area contributed by atoms with Crippen molar-refractivity contribution in [2.75, 3.05) is 5.32 Å². The lowest BCUT2D eigenvalue weighted by molar-refractivity contribution is 0.102. The van der Waals surface area contributed by atoms with Crippen molar-refractivity contribution in [1.82, 2.24) is 4.98 Å². The molecule has 0 atom stereocenters. The first kappa shape index (κ1) is 17.0. The van der Waals surface area contributed by atoms with E-state index in [0.717, 1.165) is 21.2 Å². The summed E-state index contributed by atoms with van der Waals surface area (Å²) in [5, 5.41) is 4.18. The Bertz CT molecular complexity index is 829.